The van der Waals surface area contributed by atoms with Crippen molar-refractivity contribution in [1.29, 1.82) is 0 Å². The normalized spacial score (nSPS) is 12.1. The van der Waals surface area contributed by atoms with Gasteiger partial charge in [0.2, 0.25) is 5.82 Å². The predicted octanol–water partition coefficient (Wildman–Crippen LogP) is -0.109. The number of aromatic nitrogens is 4. The maximum absolute atomic E-state index is 11.3. The molecule has 0 fully saturated rings. The van der Waals surface area contributed by atoms with Crippen molar-refractivity contribution >= 4 is 5.91 Å². The number of hydrogen-bond donors (Lipinski definition) is 2. The number of tetrazole rings is 1. The highest BCUT2D eigenvalue weighted by atomic mass is 16.2. The SMILES string of the molecule is CC(C(=O)NN)n1nnc(-c2ccccc2)n1. The highest BCUT2D eigenvalue weighted by Gasteiger charge is 2.17. The minimum Gasteiger partial charge on any atom is -0.292 e. The lowest BCUT2D eigenvalue weighted by atomic mass is 10.2. The number of nitrogens with zero attached hydrogens (tertiary/aromatic N) is 4. The van der Waals surface area contributed by atoms with Crippen LogP contribution in [0.4, 0.5) is 0 Å². The average molecular weight is 232 g/mol. The Kier molecular flexibility index (Phi) is 3.10. The number of hydrazine groups is 1. The van der Waals surface area contributed by atoms with Gasteiger partial charge in [0.25, 0.3) is 5.91 Å². The number of nitrogens with two attached hydrogens (primary N) is 1. The third-order valence-electron chi connectivity index (χ3n) is 2.33. The fourth-order valence-corrected chi connectivity index (χ4v) is 1.32. The monoisotopic (exact) mass is 232 g/mol. The van der Waals surface area contributed by atoms with Crippen molar-refractivity contribution in [3.8, 4) is 11.4 Å². The standard InChI is InChI=1S/C10H12N6O/c1-7(10(17)12-11)16-14-9(13-15-16)8-5-3-2-4-6-8/h2-7H,11H2,1H3,(H,12,17). The van der Waals surface area contributed by atoms with Gasteiger partial charge in [-0.15, -0.1) is 10.2 Å². The second kappa shape index (κ2) is 4.71. The summed E-state index contributed by atoms with van der Waals surface area (Å²) in [5, 5.41) is 11.8. The van der Waals surface area contributed by atoms with Gasteiger partial charge >= 0.3 is 0 Å². The summed E-state index contributed by atoms with van der Waals surface area (Å²) in [4.78, 5) is 12.5. The van der Waals surface area contributed by atoms with Crippen molar-refractivity contribution in [1.82, 2.24) is 25.6 Å². The number of rotatable bonds is 3. The third-order valence-corrected chi connectivity index (χ3v) is 2.33. The molecule has 17 heavy (non-hydrogen) atoms. The molecule has 0 saturated heterocycles. The molecule has 7 heteroatoms. The lowest BCUT2D eigenvalue weighted by Gasteiger charge is -2.06. The number of hydrogen-bond acceptors (Lipinski definition) is 5. The summed E-state index contributed by atoms with van der Waals surface area (Å²) in [6, 6.07) is 8.81. The van der Waals surface area contributed by atoms with E-state index in [4.69, 9.17) is 5.84 Å². The Bertz CT molecular complexity index is 509. The predicted molar refractivity (Wildman–Crippen MR) is 60.3 cm³/mol. The molecule has 0 aliphatic rings. The Balaban J connectivity index is 2.25. The van der Waals surface area contributed by atoms with E-state index in [9.17, 15) is 4.79 Å². The Morgan fingerprint density at radius 1 is 1.41 bits per heavy atom. The number of carbonyl (C=O) groups is 1. The summed E-state index contributed by atoms with van der Waals surface area (Å²) < 4.78 is 0. The number of benzene rings is 1. The van der Waals surface area contributed by atoms with Crippen molar-refractivity contribution in [2.24, 2.45) is 5.84 Å². The minimum absolute atomic E-state index is 0.373. The highest BCUT2D eigenvalue weighted by molar-refractivity contribution is 5.78. The van der Waals surface area contributed by atoms with E-state index in [1.807, 2.05) is 35.8 Å². The van der Waals surface area contributed by atoms with Crippen molar-refractivity contribution in [2.45, 2.75) is 13.0 Å². The van der Waals surface area contributed by atoms with Crippen LogP contribution in [0.5, 0.6) is 0 Å². The molecule has 0 spiro atoms. The van der Waals surface area contributed by atoms with Crippen molar-refractivity contribution < 1.29 is 4.79 Å². The largest absolute Gasteiger partial charge is 0.292 e. The molecule has 1 atom stereocenters. The van der Waals surface area contributed by atoms with Crippen LogP contribution in [0.15, 0.2) is 30.3 Å². The quantitative estimate of drug-likeness (QED) is 0.437. The molecular formula is C10H12N6O. The molecule has 0 aliphatic heterocycles. The van der Waals surface area contributed by atoms with E-state index in [1.54, 1.807) is 6.92 Å². The van der Waals surface area contributed by atoms with Crippen LogP contribution in [-0.2, 0) is 4.79 Å². The van der Waals surface area contributed by atoms with Crippen LogP contribution < -0.4 is 11.3 Å². The molecule has 1 amide bonds. The molecular weight excluding hydrogens is 220 g/mol. The fourth-order valence-electron chi connectivity index (χ4n) is 1.32. The second-order valence-corrected chi connectivity index (χ2v) is 3.48. The van der Waals surface area contributed by atoms with Crippen LogP contribution in [-0.4, -0.2) is 26.1 Å². The number of nitrogens with one attached hydrogen (secondary N) is 1. The van der Waals surface area contributed by atoms with Gasteiger partial charge in [-0.05, 0) is 12.1 Å². The first kappa shape index (κ1) is 11.2. The Morgan fingerprint density at radius 3 is 2.76 bits per heavy atom. The van der Waals surface area contributed by atoms with Gasteiger partial charge in [0, 0.05) is 5.56 Å². The van der Waals surface area contributed by atoms with Crippen LogP contribution in [0.2, 0.25) is 0 Å². The molecule has 0 aliphatic carbocycles. The maximum Gasteiger partial charge on any atom is 0.260 e. The first-order valence-corrected chi connectivity index (χ1v) is 5.07. The number of carbonyl (C=O) groups excluding carboxylic acids is 1. The van der Waals surface area contributed by atoms with Gasteiger partial charge in [-0.25, -0.2) is 5.84 Å². The van der Waals surface area contributed by atoms with E-state index in [2.05, 4.69) is 15.4 Å². The van der Waals surface area contributed by atoms with Gasteiger partial charge in [0.05, 0.1) is 0 Å². The van der Waals surface area contributed by atoms with E-state index >= 15 is 0 Å². The zero-order chi connectivity index (χ0) is 12.3. The van der Waals surface area contributed by atoms with E-state index in [1.165, 1.54) is 4.80 Å². The molecule has 1 aromatic heterocycles. The fraction of sp³-hybridized carbons (Fsp3) is 0.200. The van der Waals surface area contributed by atoms with Gasteiger partial charge < -0.3 is 0 Å². The van der Waals surface area contributed by atoms with E-state index < -0.39 is 6.04 Å². The highest BCUT2D eigenvalue weighted by Crippen LogP contribution is 2.13. The van der Waals surface area contributed by atoms with Gasteiger partial charge in [-0.1, -0.05) is 30.3 Å². The molecule has 1 heterocycles. The molecule has 1 aromatic carbocycles. The number of amides is 1. The van der Waals surface area contributed by atoms with E-state index in [-0.39, 0.29) is 5.91 Å². The summed E-state index contributed by atoms with van der Waals surface area (Å²) in [6.07, 6.45) is 0. The van der Waals surface area contributed by atoms with E-state index in [0.717, 1.165) is 5.56 Å². The lowest BCUT2D eigenvalue weighted by Crippen LogP contribution is -2.36. The van der Waals surface area contributed by atoms with Crippen LogP contribution in [0, 0.1) is 0 Å². The minimum atomic E-state index is -0.593. The van der Waals surface area contributed by atoms with Crippen molar-refractivity contribution in [3.63, 3.8) is 0 Å². The molecule has 1 unspecified atom stereocenters. The Hall–Kier alpha value is -2.28. The summed E-state index contributed by atoms with van der Waals surface area (Å²) in [7, 11) is 0. The summed E-state index contributed by atoms with van der Waals surface area (Å²) in [5.74, 6) is 5.14. The van der Waals surface area contributed by atoms with Gasteiger partial charge in [0.1, 0.15) is 0 Å². The smallest absolute Gasteiger partial charge is 0.260 e. The first-order valence-electron chi connectivity index (χ1n) is 5.07. The van der Waals surface area contributed by atoms with Gasteiger partial charge in [-0.2, -0.15) is 4.80 Å². The molecule has 2 rings (SSSR count). The average Bonchev–Trinajstić information content (AvgIpc) is 2.87. The Labute approximate surface area is 97.6 Å². The third kappa shape index (κ3) is 2.28. The topological polar surface area (TPSA) is 98.7 Å². The van der Waals surface area contributed by atoms with E-state index in [0.29, 0.717) is 5.82 Å². The zero-order valence-corrected chi connectivity index (χ0v) is 9.24. The molecule has 0 radical (unpaired) electrons. The summed E-state index contributed by atoms with van der Waals surface area (Å²) in [5.41, 5.74) is 2.89. The molecule has 3 N–H and O–H groups in total. The molecule has 2 aromatic rings. The van der Waals surface area contributed by atoms with Gasteiger partial charge in [0.15, 0.2) is 6.04 Å². The molecule has 0 bridgehead atoms. The molecule has 0 saturated carbocycles. The maximum atomic E-state index is 11.3. The summed E-state index contributed by atoms with van der Waals surface area (Å²) >= 11 is 0. The molecule has 88 valence electrons. The Morgan fingerprint density at radius 2 is 2.12 bits per heavy atom. The first-order chi connectivity index (χ1) is 8.22. The van der Waals surface area contributed by atoms with Crippen LogP contribution in [0.1, 0.15) is 13.0 Å². The zero-order valence-electron chi connectivity index (χ0n) is 9.24. The lowest BCUT2D eigenvalue weighted by molar-refractivity contribution is -0.124. The summed E-state index contributed by atoms with van der Waals surface area (Å²) in [6.45, 7) is 1.64. The molecule has 7 nitrogen and oxygen atoms in total. The van der Waals surface area contributed by atoms with Crippen LogP contribution >= 0.6 is 0 Å². The van der Waals surface area contributed by atoms with Crippen LogP contribution in [0.3, 0.4) is 0 Å². The van der Waals surface area contributed by atoms with Crippen LogP contribution in [0.25, 0.3) is 11.4 Å². The van der Waals surface area contributed by atoms with Crippen molar-refractivity contribution in [2.75, 3.05) is 0 Å². The van der Waals surface area contributed by atoms with Gasteiger partial charge in [-0.3, -0.25) is 10.2 Å². The second-order valence-electron chi connectivity index (χ2n) is 3.48. The van der Waals surface area contributed by atoms with Crippen molar-refractivity contribution in [3.05, 3.63) is 30.3 Å².